The van der Waals surface area contributed by atoms with E-state index >= 15 is 0 Å². The van der Waals surface area contributed by atoms with Crippen molar-refractivity contribution in [1.29, 1.82) is 0 Å². The van der Waals surface area contributed by atoms with Gasteiger partial charge in [0.05, 0.1) is 5.02 Å². The van der Waals surface area contributed by atoms with Crippen molar-refractivity contribution in [3.63, 3.8) is 0 Å². The van der Waals surface area contributed by atoms with E-state index in [0.29, 0.717) is 33.9 Å². The number of carbonyl (C=O) groups excluding carboxylic acids is 3. The Bertz CT molecular complexity index is 1140. The fourth-order valence-corrected chi connectivity index (χ4v) is 4.73. The Morgan fingerprint density at radius 2 is 1.86 bits per heavy atom. The minimum atomic E-state index is -1.26. The van der Waals surface area contributed by atoms with Crippen molar-refractivity contribution < 1.29 is 24.3 Å². The van der Waals surface area contributed by atoms with Gasteiger partial charge < -0.3 is 26.0 Å². The van der Waals surface area contributed by atoms with E-state index in [2.05, 4.69) is 20.9 Å². The van der Waals surface area contributed by atoms with Gasteiger partial charge in [-0.25, -0.2) is 4.79 Å². The molecule has 0 radical (unpaired) electrons. The van der Waals surface area contributed by atoms with Crippen molar-refractivity contribution in [3.05, 3.63) is 33.9 Å². The van der Waals surface area contributed by atoms with Gasteiger partial charge in [0.25, 0.3) is 5.91 Å². The van der Waals surface area contributed by atoms with Crippen LogP contribution in [0.1, 0.15) is 56.9 Å². The van der Waals surface area contributed by atoms with E-state index in [4.69, 9.17) is 23.2 Å². The minimum absolute atomic E-state index is 0.0234. The number of aliphatic carboxylic acids is 1. The highest BCUT2D eigenvalue weighted by molar-refractivity contribution is 6.38. The Kier molecular flexibility index (Phi) is 8.33. The van der Waals surface area contributed by atoms with E-state index in [-0.39, 0.29) is 29.9 Å². The molecular weight excluding hydrogens is 495 g/mol. The normalized spacial score (nSPS) is 18.0. The Morgan fingerprint density at radius 3 is 2.49 bits per heavy atom. The van der Waals surface area contributed by atoms with Crippen LogP contribution in [0.25, 0.3) is 10.9 Å². The molecule has 1 fully saturated rings. The van der Waals surface area contributed by atoms with E-state index in [1.165, 1.54) is 0 Å². The summed E-state index contributed by atoms with van der Waals surface area (Å²) in [7, 11) is 0. The number of carboxylic acid groups (broad SMARTS) is 1. The number of amides is 3. The van der Waals surface area contributed by atoms with Crippen LogP contribution in [0, 0.1) is 11.3 Å². The summed E-state index contributed by atoms with van der Waals surface area (Å²) in [5.41, 5.74) is 0.403. The third kappa shape index (κ3) is 7.11. The second-order valence-electron chi connectivity index (χ2n) is 10.1. The molecule has 9 nitrogen and oxygen atoms in total. The molecule has 0 spiro atoms. The SMILES string of the molecule is CC(C)(C)CC(NC(=O)c1cc2c(Cl)cc(Cl)cc2[nH]1)C(=O)NC(CC1CCCNC1=O)C(=O)O. The topological polar surface area (TPSA) is 140 Å². The molecule has 1 aliphatic heterocycles. The number of hydrogen-bond acceptors (Lipinski definition) is 4. The van der Waals surface area contributed by atoms with Gasteiger partial charge in [0, 0.05) is 28.4 Å². The van der Waals surface area contributed by atoms with Gasteiger partial charge in [0.1, 0.15) is 17.8 Å². The molecule has 1 aromatic heterocycles. The molecule has 3 unspecified atom stereocenters. The fraction of sp³-hybridized carbons (Fsp3) is 0.500. The second kappa shape index (κ2) is 10.9. The van der Waals surface area contributed by atoms with Gasteiger partial charge in [-0.1, -0.05) is 44.0 Å². The highest BCUT2D eigenvalue weighted by atomic mass is 35.5. The lowest BCUT2D eigenvalue weighted by Gasteiger charge is -2.29. The highest BCUT2D eigenvalue weighted by Crippen LogP contribution is 2.29. The molecule has 2 aromatic rings. The van der Waals surface area contributed by atoms with Crippen LogP contribution in [0.15, 0.2) is 18.2 Å². The summed E-state index contributed by atoms with van der Waals surface area (Å²) in [6.07, 6.45) is 1.54. The molecule has 0 bridgehead atoms. The standard InChI is InChI=1S/C24H30Cl2N4O5/c1-24(2,3)11-19(22(33)29-18(23(34)35)7-12-5-4-6-27-20(12)31)30-21(32)17-10-14-15(26)8-13(25)9-16(14)28-17/h8-10,12,18-19,28H,4-7,11H2,1-3H3,(H,27,31)(H,29,33)(H,30,32)(H,34,35). The Morgan fingerprint density at radius 1 is 1.14 bits per heavy atom. The van der Waals surface area contributed by atoms with E-state index in [1.807, 2.05) is 20.8 Å². The fourth-order valence-electron chi connectivity index (χ4n) is 4.18. The number of H-pyrrole nitrogens is 1. The smallest absolute Gasteiger partial charge is 0.326 e. The van der Waals surface area contributed by atoms with E-state index in [0.717, 1.165) is 6.42 Å². The van der Waals surface area contributed by atoms with Crippen LogP contribution >= 0.6 is 23.2 Å². The average Bonchev–Trinajstić information content (AvgIpc) is 3.17. The number of aromatic amines is 1. The van der Waals surface area contributed by atoms with E-state index < -0.39 is 35.8 Å². The molecule has 35 heavy (non-hydrogen) atoms. The molecule has 0 aliphatic carbocycles. The molecule has 1 saturated heterocycles. The zero-order chi connectivity index (χ0) is 25.9. The summed E-state index contributed by atoms with van der Waals surface area (Å²) in [6, 6.07) is 2.50. The molecular formula is C24H30Cl2N4O5. The predicted octanol–water partition coefficient (Wildman–Crippen LogP) is 3.50. The van der Waals surface area contributed by atoms with Crippen LogP contribution in [0.3, 0.4) is 0 Å². The number of halogens is 2. The zero-order valence-corrected chi connectivity index (χ0v) is 21.3. The number of benzene rings is 1. The molecule has 11 heteroatoms. The monoisotopic (exact) mass is 524 g/mol. The van der Waals surface area contributed by atoms with Crippen molar-refractivity contribution in [2.24, 2.45) is 11.3 Å². The number of hydrogen-bond donors (Lipinski definition) is 5. The third-order valence-corrected chi connectivity index (χ3v) is 6.40. The van der Waals surface area contributed by atoms with Gasteiger partial charge in [-0.05, 0) is 49.3 Å². The lowest BCUT2D eigenvalue weighted by Crippen LogP contribution is -2.53. The molecule has 0 saturated carbocycles. The summed E-state index contributed by atoms with van der Waals surface area (Å²) in [5.74, 6) is -3.12. The van der Waals surface area contributed by atoms with E-state index in [9.17, 15) is 24.3 Å². The van der Waals surface area contributed by atoms with Gasteiger partial charge in [-0.3, -0.25) is 14.4 Å². The maximum absolute atomic E-state index is 13.2. The summed E-state index contributed by atoms with van der Waals surface area (Å²) in [4.78, 5) is 53.1. The van der Waals surface area contributed by atoms with Gasteiger partial charge >= 0.3 is 5.97 Å². The van der Waals surface area contributed by atoms with Gasteiger partial charge in [-0.2, -0.15) is 0 Å². The number of aromatic nitrogens is 1. The first-order valence-electron chi connectivity index (χ1n) is 11.4. The maximum atomic E-state index is 13.2. The summed E-state index contributed by atoms with van der Waals surface area (Å²) in [6.45, 7) is 6.28. The molecule has 3 amide bonds. The molecule has 190 valence electrons. The predicted molar refractivity (Wildman–Crippen MR) is 134 cm³/mol. The largest absolute Gasteiger partial charge is 0.480 e. The summed E-state index contributed by atoms with van der Waals surface area (Å²) in [5, 5.41) is 19.0. The Labute approximate surface area is 213 Å². The first-order chi connectivity index (χ1) is 16.3. The number of piperidine rings is 1. The average molecular weight is 525 g/mol. The van der Waals surface area contributed by atoms with Crippen molar-refractivity contribution in [2.45, 2.75) is 58.5 Å². The summed E-state index contributed by atoms with van der Waals surface area (Å²) < 4.78 is 0. The molecule has 3 rings (SSSR count). The van der Waals surface area contributed by atoms with E-state index in [1.54, 1.807) is 18.2 Å². The number of carbonyl (C=O) groups is 4. The lowest BCUT2D eigenvalue weighted by molar-refractivity contribution is -0.143. The Hall–Kier alpha value is -2.78. The maximum Gasteiger partial charge on any atom is 0.326 e. The number of rotatable bonds is 8. The molecule has 3 atom stereocenters. The molecule has 1 aromatic carbocycles. The van der Waals surface area contributed by atoms with Crippen LogP contribution in [0.2, 0.25) is 10.0 Å². The first-order valence-corrected chi connectivity index (χ1v) is 12.2. The number of carboxylic acids is 1. The van der Waals surface area contributed by atoms with Crippen molar-refractivity contribution >= 4 is 57.8 Å². The Balaban J connectivity index is 1.77. The zero-order valence-electron chi connectivity index (χ0n) is 19.8. The quantitative estimate of drug-likeness (QED) is 0.359. The van der Waals surface area contributed by atoms with Crippen molar-refractivity contribution in [3.8, 4) is 0 Å². The number of nitrogens with one attached hydrogen (secondary N) is 4. The molecule has 2 heterocycles. The number of fused-ring (bicyclic) bond motifs is 1. The summed E-state index contributed by atoms with van der Waals surface area (Å²) >= 11 is 12.2. The van der Waals surface area contributed by atoms with Gasteiger partial charge in [-0.15, -0.1) is 0 Å². The third-order valence-electron chi connectivity index (χ3n) is 5.87. The lowest BCUT2D eigenvalue weighted by atomic mass is 9.87. The van der Waals surface area contributed by atoms with Crippen LogP contribution in [-0.4, -0.2) is 52.4 Å². The molecule has 1 aliphatic rings. The van der Waals surface area contributed by atoms with Gasteiger partial charge in [0.15, 0.2) is 0 Å². The first kappa shape index (κ1) is 26.8. The van der Waals surface area contributed by atoms with Gasteiger partial charge in [0.2, 0.25) is 11.8 Å². The van der Waals surface area contributed by atoms with Crippen LogP contribution in [-0.2, 0) is 14.4 Å². The van der Waals surface area contributed by atoms with Crippen molar-refractivity contribution in [1.82, 2.24) is 20.9 Å². The van der Waals surface area contributed by atoms with Crippen LogP contribution in [0.5, 0.6) is 0 Å². The highest BCUT2D eigenvalue weighted by Gasteiger charge is 2.33. The van der Waals surface area contributed by atoms with Crippen LogP contribution < -0.4 is 16.0 Å². The van der Waals surface area contributed by atoms with Crippen LogP contribution in [0.4, 0.5) is 0 Å². The minimum Gasteiger partial charge on any atom is -0.480 e. The second-order valence-corrected chi connectivity index (χ2v) is 10.9. The van der Waals surface area contributed by atoms with Crippen molar-refractivity contribution in [2.75, 3.05) is 6.54 Å². The molecule has 5 N–H and O–H groups in total.